The van der Waals surface area contributed by atoms with Crippen LogP contribution in [0.3, 0.4) is 0 Å². The highest BCUT2D eigenvalue weighted by Gasteiger charge is 2.24. The summed E-state index contributed by atoms with van der Waals surface area (Å²) in [5.74, 6) is -0.962. The van der Waals surface area contributed by atoms with Crippen LogP contribution >= 0.6 is 0 Å². The van der Waals surface area contributed by atoms with Crippen molar-refractivity contribution < 1.29 is 14.6 Å². The van der Waals surface area contributed by atoms with Crippen LogP contribution in [0.5, 0.6) is 0 Å². The van der Waals surface area contributed by atoms with Crippen molar-refractivity contribution in [2.75, 3.05) is 13.1 Å². The van der Waals surface area contributed by atoms with E-state index in [1.165, 1.54) is 17.7 Å². The van der Waals surface area contributed by atoms with Gasteiger partial charge in [0.1, 0.15) is 0 Å². The van der Waals surface area contributed by atoms with Gasteiger partial charge in [-0.1, -0.05) is 30.3 Å². The number of likely N-dealkylation sites (tertiary alicyclic amines) is 1. The number of rotatable bonds is 5. The van der Waals surface area contributed by atoms with Crippen molar-refractivity contribution in [3.63, 3.8) is 0 Å². The Morgan fingerprint density at radius 1 is 1.12 bits per heavy atom. The van der Waals surface area contributed by atoms with Crippen LogP contribution in [0.15, 0.2) is 54.6 Å². The van der Waals surface area contributed by atoms with E-state index in [0.29, 0.717) is 0 Å². The van der Waals surface area contributed by atoms with Crippen LogP contribution < -0.4 is 0 Å². The normalized spacial score (nSPS) is 16.7. The number of aromatic carboxylic acids is 1. The quantitative estimate of drug-likeness (QED) is 0.394. The van der Waals surface area contributed by atoms with Crippen molar-refractivity contribution in [3.8, 4) is 0 Å². The molecule has 0 amide bonds. The van der Waals surface area contributed by atoms with Gasteiger partial charge < -0.3 is 10.3 Å². The number of carboxylic acids is 1. The summed E-state index contributed by atoms with van der Waals surface area (Å²) in [4.78, 5) is 13.2. The molecule has 1 aliphatic heterocycles. The lowest BCUT2D eigenvalue weighted by Gasteiger charge is -2.30. The zero-order valence-electron chi connectivity index (χ0n) is 14.0. The van der Waals surface area contributed by atoms with E-state index in [4.69, 9.17) is 5.11 Å². The molecule has 0 aromatic heterocycles. The molecule has 3 rings (SSSR count). The van der Waals surface area contributed by atoms with Crippen molar-refractivity contribution in [2.45, 2.75) is 25.4 Å². The fraction of sp³-hybridized carbons (Fsp3) is 0.300. The number of carboxylic acid groups (broad SMARTS) is 1. The molecular weight excluding hydrogens is 316 g/mol. The average Bonchev–Trinajstić information content (AvgIpc) is 2.63. The van der Waals surface area contributed by atoms with E-state index in [9.17, 15) is 10.0 Å². The molecule has 2 aromatic rings. The molecule has 0 aliphatic carbocycles. The van der Waals surface area contributed by atoms with E-state index in [2.05, 4.69) is 17.0 Å². The highest BCUT2D eigenvalue weighted by molar-refractivity contribution is 5.88. The van der Waals surface area contributed by atoms with Gasteiger partial charge >= 0.3 is 5.97 Å². The lowest BCUT2D eigenvalue weighted by Crippen LogP contribution is -2.39. The zero-order chi connectivity index (χ0) is 17.6. The number of hydrogen-bond acceptors (Lipinski definition) is 3. The molecule has 0 radical (unpaired) electrons. The van der Waals surface area contributed by atoms with E-state index < -0.39 is 5.97 Å². The SMILES string of the molecule is O=C(O)c1ccc(/C=[N+](\[O-])C2CCN(Cc3ccccc3)CC2)cc1. The summed E-state index contributed by atoms with van der Waals surface area (Å²) in [7, 11) is 0. The first kappa shape index (κ1) is 17.2. The first-order valence-corrected chi connectivity index (χ1v) is 8.52. The molecule has 5 nitrogen and oxygen atoms in total. The Bertz CT molecular complexity index is 733. The number of piperidine rings is 1. The van der Waals surface area contributed by atoms with Gasteiger partial charge in [0.2, 0.25) is 0 Å². The predicted octanol–water partition coefficient (Wildman–Crippen LogP) is 2.98. The van der Waals surface area contributed by atoms with Gasteiger partial charge in [-0.2, -0.15) is 0 Å². The number of carbonyl (C=O) groups is 1. The summed E-state index contributed by atoms with van der Waals surface area (Å²) in [6, 6.07) is 16.7. The summed E-state index contributed by atoms with van der Waals surface area (Å²) in [5.41, 5.74) is 2.25. The van der Waals surface area contributed by atoms with Crippen molar-refractivity contribution in [2.24, 2.45) is 0 Å². The Labute approximate surface area is 147 Å². The van der Waals surface area contributed by atoms with Gasteiger partial charge in [-0.3, -0.25) is 4.90 Å². The summed E-state index contributed by atoms with van der Waals surface area (Å²) >= 11 is 0. The Hall–Kier alpha value is -2.66. The molecule has 0 spiro atoms. The van der Waals surface area contributed by atoms with Crippen molar-refractivity contribution >= 4 is 12.2 Å². The van der Waals surface area contributed by atoms with Crippen LogP contribution in [0.25, 0.3) is 0 Å². The molecule has 0 unspecified atom stereocenters. The maximum absolute atomic E-state index is 12.4. The molecule has 0 saturated carbocycles. The molecule has 130 valence electrons. The minimum atomic E-state index is -0.962. The van der Waals surface area contributed by atoms with E-state index in [1.54, 1.807) is 18.3 Å². The van der Waals surface area contributed by atoms with Crippen molar-refractivity contribution in [1.29, 1.82) is 0 Å². The summed E-state index contributed by atoms with van der Waals surface area (Å²) in [6.45, 7) is 2.74. The molecule has 0 bridgehead atoms. The van der Waals surface area contributed by atoms with E-state index in [0.717, 1.165) is 42.8 Å². The van der Waals surface area contributed by atoms with E-state index >= 15 is 0 Å². The number of nitrogens with zero attached hydrogens (tertiary/aromatic N) is 2. The Morgan fingerprint density at radius 2 is 1.76 bits per heavy atom. The van der Waals surface area contributed by atoms with E-state index in [-0.39, 0.29) is 11.6 Å². The lowest BCUT2D eigenvalue weighted by molar-refractivity contribution is -0.501. The van der Waals surface area contributed by atoms with Crippen LogP contribution in [0.4, 0.5) is 0 Å². The second-order valence-electron chi connectivity index (χ2n) is 6.41. The minimum Gasteiger partial charge on any atom is -0.624 e. The number of hydrogen-bond donors (Lipinski definition) is 1. The van der Waals surface area contributed by atoms with Gasteiger partial charge in [-0.25, -0.2) is 9.53 Å². The molecule has 0 atom stereocenters. The van der Waals surface area contributed by atoms with Gasteiger partial charge in [0, 0.05) is 38.0 Å². The highest BCUT2D eigenvalue weighted by Crippen LogP contribution is 2.16. The Morgan fingerprint density at radius 3 is 2.36 bits per heavy atom. The fourth-order valence-electron chi connectivity index (χ4n) is 3.14. The first-order valence-electron chi connectivity index (χ1n) is 8.52. The van der Waals surface area contributed by atoms with Gasteiger partial charge in [-0.15, -0.1) is 0 Å². The lowest BCUT2D eigenvalue weighted by atomic mass is 10.0. The third kappa shape index (κ3) is 4.67. The third-order valence-electron chi connectivity index (χ3n) is 4.60. The van der Waals surface area contributed by atoms with Crippen LogP contribution in [0, 0.1) is 5.21 Å². The maximum Gasteiger partial charge on any atom is 0.335 e. The molecule has 5 heteroatoms. The maximum atomic E-state index is 12.4. The van der Waals surface area contributed by atoms with Crippen LogP contribution in [0.2, 0.25) is 0 Å². The largest absolute Gasteiger partial charge is 0.624 e. The topological polar surface area (TPSA) is 66.6 Å². The van der Waals surface area contributed by atoms with Crippen LogP contribution in [-0.4, -0.2) is 46.1 Å². The number of hydroxylamine groups is 1. The average molecular weight is 338 g/mol. The highest BCUT2D eigenvalue weighted by atomic mass is 16.5. The smallest absolute Gasteiger partial charge is 0.335 e. The summed E-state index contributed by atoms with van der Waals surface area (Å²) < 4.78 is 1.02. The second-order valence-corrected chi connectivity index (χ2v) is 6.41. The number of benzene rings is 2. The first-order chi connectivity index (χ1) is 12.1. The van der Waals surface area contributed by atoms with Crippen LogP contribution in [0.1, 0.15) is 34.3 Å². The molecular formula is C20H22N2O3. The van der Waals surface area contributed by atoms with Gasteiger partial charge in [-0.05, 0) is 29.8 Å². The standard InChI is InChI=1S/C20H22N2O3/c23-20(24)18-8-6-17(7-9-18)15-22(25)19-10-12-21(13-11-19)14-16-4-2-1-3-5-16/h1-9,15,19H,10-14H2,(H,23,24)/b22-15-. The minimum absolute atomic E-state index is 0.0221. The monoisotopic (exact) mass is 338 g/mol. The van der Waals surface area contributed by atoms with Gasteiger partial charge in [0.05, 0.1) is 5.56 Å². The van der Waals surface area contributed by atoms with Crippen LogP contribution in [-0.2, 0) is 6.54 Å². The molecule has 1 heterocycles. The Balaban J connectivity index is 1.55. The molecule has 1 fully saturated rings. The van der Waals surface area contributed by atoms with E-state index in [1.807, 2.05) is 18.2 Å². The molecule has 1 saturated heterocycles. The summed E-state index contributed by atoms with van der Waals surface area (Å²) in [6.07, 6.45) is 3.23. The van der Waals surface area contributed by atoms with Crippen molar-refractivity contribution in [1.82, 2.24) is 4.90 Å². The molecule has 2 aromatic carbocycles. The van der Waals surface area contributed by atoms with Gasteiger partial charge in [0.15, 0.2) is 12.3 Å². The molecule has 25 heavy (non-hydrogen) atoms. The molecule has 1 N–H and O–H groups in total. The summed E-state index contributed by atoms with van der Waals surface area (Å²) in [5, 5.41) is 21.3. The van der Waals surface area contributed by atoms with Crippen molar-refractivity contribution in [3.05, 3.63) is 76.5 Å². The fourth-order valence-corrected chi connectivity index (χ4v) is 3.14. The molecule has 1 aliphatic rings. The second kappa shape index (κ2) is 7.94. The third-order valence-corrected chi connectivity index (χ3v) is 4.60. The zero-order valence-corrected chi connectivity index (χ0v) is 14.0. The van der Waals surface area contributed by atoms with Gasteiger partial charge in [0.25, 0.3) is 0 Å². The predicted molar refractivity (Wildman–Crippen MR) is 96.9 cm³/mol. The Kier molecular flexibility index (Phi) is 5.46.